The van der Waals surface area contributed by atoms with Gasteiger partial charge in [0.05, 0.1) is 18.4 Å². The molecule has 1 aliphatic heterocycles. The van der Waals surface area contributed by atoms with Crippen LogP contribution in [0.25, 0.3) is 0 Å². The van der Waals surface area contributed by atoms with Crippen LogP contribution >= 0.6 is 0 Å². The Morgan fingerprint density at radius 2 is 1.95 bits per heavy atom. The van der Waals surface area contributed by atoms with Gasteiger partial charge in [-0.1, -0.05) is 17.3 Å². The predicted molar refractivity (Wildman–Crippen MR) is 73.9 cm³/mol. The van der Waals surface area contributed by atoms with Gasteiger partial charge in [0.2, 0.25) is 0 Å². The summed E-state index contributed by atoms with van der Waals surface area (Å²) in [7, 11) is 1.82. The highest BCUT2D eigenvalue weighted by Gasteiger charge is 2.29. The highest BCUT2D eigenvalue weighted by Crippen LogP contribution is 2.29. The Kier molecular flexibility index (Phi) is 4.92. The van der Waals surface area contributed by atoms with Crippen LogP contribution in [-0.2, 0) is 17.5 Å². The monoisotopic (exact) mass is 315 g/mol. The lowest BCUT2D eigenvalue weighted by Crippen LogP contribution is -2.39. The molecule has 1 aromatic rings. The van der Waals surface area contributed by atoms with Crippen molar-refractivity contribution < 1.29 is 23.1 Å². The van der Waals surface area contributed by atoms with Crippen molar-refractivity contribution >= 4 is 6.21 Å². The van der Waals surface area contributed by atoms with Crippen LogP contribution in [0.4, 0.5) is 13.2 Å². The van der Waals surface area contributed by atoms with Gasteiger partial charge in [0.1, 0.15) is 12.9 Å². The molecule has 1 aromatic carbocycles. The van der Waals surface area contributed by atoms with E-state index in [2.05, 4.69) is 5.16 Å². The molecule has 120 valence electrons. The summed E-state index contributed by atoms with van der Waals surface area (Å²) in [5, 5.41) is 11.6. The Bertz CT molecular complexity index is 543. The number of alkyl halides is 3. The van der Waals surface area contributed by atoms with E-state index in [1.807, 2.05) is 11.9 Å². The molecular formula is C14H16F3N3O2. The van der Waals surface area contributed by atoms with E-state index in [1.54, 1.807) is 17.3 Å². The molecule has 0 saturated carbocycles. The van der Waals surface area contributed by atoms with Crippen molar-refractivity contribution in [1.82, 2.24) is 9.80 Å². The van der Waals surface area contributed by atoms with Gasteiger partial charge >= 0.3 is 6.18 Å². The number of hydrogen-bond acceptors (Lipinski definition) is 5. The van der Waals surface area contributed by atoms with Gasteiger partial charge in [-0.25, -0.2) is 0 Å². The van der Waals surface area contributed by atoms with Crippen molar-refractivity contribution in [3.05, 3.63) is 47.8 Å². The van der Waals surface area contributed by atoms with E-state index < -0.39 is 11.7 Å². The number of ether oxygens (including phenoxy) is 1. The summed E-state index contributed by atoms with van der Waals surface area (Å²) < 4.78 is 42.8. The van der Waals surface area contributed by atoms with Crippen LogP contribution in [0.15, 0.2) is 41.8 Å². The standard InChI is InChI=1S/C14H16F3N3O2/c1-19-6-7-20(13(19)8-18-21)10-22-9-11-2-4-12(5-3-11)14(15,16)17/h2-8,13,21H,9-10H2,1H3/b18-8-. The van der Waals surface area contributed by atoms with Crippen molar-refractivity contribution in [2.45, 2.75) is 18.9 Å². The Morgan fingerprint density at radius 1 is 1.27 bits per heavy atom. The molecule has 1 unspecified atom stereocenters. The zero-order valence-corrected chi connectivity index (χ0v) is 11.9. The van der Waals surface area contributed by atoms with E-state index in [9.17, 15) is 13.2 Å². The number of oxime groups is 1. The van der Waals surface area contributed by atoms with E-state index in [0.717, 1.165) is 12.1 Å². The molecule has 0 saturated heterocycles. The summed E-state index contributed by atoms with van der Waals surface area (Å²) >= 11 is 0. The van der Waals surface area contributed by atoms with Gasteiger partial charge in [-0.2, -0.15) is 13.2 Å². The number of benzene rings is 1. The van der Waals surface area contributed by atoms with Crippen molar-refractivity contribution in [2.24, 2.45) is 5.16 Å². The van der Waals surface area contributed by atoms with E-state index in [-0.39, 0.29) is 19.5 Å². The SMILES string of the molecule is CN1C=CN(COCc2ccc(C(F)(F)F)cc2)C1/C=N\O. The molecule has 1 aliphatic rings. The van der Waals surface area contributed by atoms with Crippen LogP contribution in [0.3, 0.4) is 0 Å². The van der Waals surface area contributed by atoms with Crippen molar-refractivity contribution in [3.8, 4) is 0 Å². The molecule has 1 atom stereocenters. The van der Waals surface area contributed by atoms with E-state index in [1.165, 1.54) is 18.3 Å². The molecule has 0 spiro atoms. The maximum atomic E-state index is 12.4. The molecule has 1 heterocycles. The zero-order valence-electron chi connectivity index (χ0n) is 11.9. The van der Waals surface area contributed by atoms with E-state index in [4.69, 9.17) is 9.94 Å². The molecule has 0 bridgehead atoms. The van der Waals surface area contributed by atoms with Crippen LogP contribution in [0.5, 0.6) is 0 Å². The zero-order chi connectivity index (χ0) is 16.2. The summed E-state index contributed by atoms with van der Waals surface area (Å²) in [6.07, 6.45) is 0.341. The summed E-state index contributed by atoms with van der Waals surface area (Å²) in [4.78, 5) is 3.60. The molecule has 8 heteroatoms. The van der Waals surface area contributed by atoms with Crippen molar-refractivity contribution in [3.63, 3.8) is 0 Å². The van der Waals surface area contributed by atoms with Crippen LogP contribution in [0.1, 0.15) is 11.1 Å². The fraction of sp³-hybridized carbons (Fsp3) is 0.357. The maximum Gasteiger partial charge on any atom is 0.416 e. The van der Waals surface area contributed by atoms with Gasteiger partial charge in [-0.15, -0.1) is 0 Å². The molecule has 2 rings (SSSR count). The predicted octanol–water partition coefficient (Wildman–Crippen LogP) is 2.68. The number of rotatable bonds is 5. The Labute approximate surface area is 125 Å². The first kappa shape index (κ1) is 16.2. The lowest BCUT2D eigenvalue weighted by Gasteiger charge is -2.26. The van der Waals surface area contributed by atoms with Gasteiger partial charge in [-0.05, 0) is 17.7 Å². The van der Waals surface area contributed by atoms with Crippen molar-refractivity contribution in [2.75, 3.05) is 13.8 Å². The first-order chi connectivity index (χ1) is 10.4. The lowest BCUT2D eigenvalue weighted by atomic mass is 10.1. The third kappa shape index (κ3) is 3.91. The summed E-state index contributed by atoms with van der Waals surface area (Å²) in [5.41, 5.74) is -0.0310. The lowest BCUT2D eigenvalue weighted by molar-refractivity contribution is -0.137. The van der Waals surface area contributed by atoms with Gasteiger partial charge in [0.25, 0.3) is 0 Å². The van der Waals surface area contributed by atoms with E-state index >= 15 is 0 Å². The van der Waals surface area contributed by atoms with Crippen LogP contribution < -0.4 is 0 Å². The van der Waals surface area contributed by atoms with Gasteiger partial charge in [0, 0.05) is 19.4 Å². The van der Waals surface area contributed by atoms with Gasteiger partial charge in [-0.3, -0.25) is 0 Å². The summed E-state index contributed by atoms with van der Waals surface area (Å²) in [6.45, 7) is 0.410. The normalized spacial score (nSPS) is 18.6. The first-order valence-corrected chi connectivity index (χ1v) is 6.49. The van der Waals surface area contributed by atoms with Crippen LogP contribution in [0, 0.1) is 0 Å². The Hall–Kier alpha value is -2.22. The number of hydrogen-bond donors (Lipinski definition) is 1. The molecule has 22 heavy (non-hydrogen) atoms. The first-order valence-electron chi connectivity index (χ1n) is 6.49. The van der Waals surface area contributed by atoms with Crippen molar-refractivity contribution in [1.29, 1.82) is 0 Å². The second-order valence-corrected chi connectivity index (χ2v) is 4.83. The molecule has 0 aromatic heterocycles. The van der Waals surface area contributed by atoms with E-state index in [0.29, 0.717) is 5.56 Å². The number of halogens is 3. The van der Waals surface area contributed by atoms with Gasteiger partial charge < -0.3 is 19.7 Å². The largest absolute Gasteiger partial charge is 0.416 e. The average molecular weight is 315 g/mol. The molecule has 1 N–H and O–H groups in total. The molecule has 0 radical (unpaired) electrons. The smallest absolute Gasteiger partial charge is 0.411 e. The summed E-state index contributed by atoms with van der Waals surface area (Å²) in [5.74, 6) is 0. The number of nitrogens with zero attached hydrogens (tertiary/aromatic N) is 3. The second kappa shape index (κ2) is 6.69. The molecule has 0 aliphatic carbocycles. The minimum absolute atomic E-state index is 0.190. The molecular weight excluding hydrogens is 299 g/mol. The summed E-state index contributed by atoms with van der Waals surface area (Å²) in [6, 6.07) is 4.84. The third-order valence-electron chi connectivity index (χ3n) is 3.24. The second-order valence-electron chi connectivity index (χ2n) is 4.83. The molecule has 0 amide bonds. The fourth-order valence-electron chi connectivity index (χ4n) is 2.03. The molecule has 0 fully saturated rings. The highest BCUT2D eigenvalue weighted by molar-refractivity contribution is 5.64. The quantitative estimate of drug-likeness (QED) is 0.516. The fourth-order valence-corrected chi connectivity index (χ4v) is 2.03. The third-order valence-corrected chi connectivity index (χ3v) is 3.24. The molecule has 5 nitrogen and oxygen atoms in total. The minimum Gasteiger partial charge on any atom is -0.411 e. The highest BCUT2D eigenvalue weighted by atomic mass is 19.4. The maximum absolute atomic E-state index is 12.4. The topological polar surface area (TPSA) is 48.3 Å². The average Bonchev–Trinajstić information content (AvgIpc) is 2.80. The minimum atomic E-state index is -4.33. The van der Waals surface area contributed by atoms with Crippen LogP contribution in [0.2, 0.25) is 0 Å². The van der Waals surface area contributed by atoms with Crippen LogP contribution in [-0.4, -0.2) is 41.2 Å². The Morgan fingerprint density at radius 3 is 2.55 bits per heavy atom. The van der Waals surface area contributed by atoms with Gasteiger partial charge in [0.15, 0.2) is 0 Å². The Balaban J connectivity index is 1.85.